The Kier molecular flexibility index (Phi) is 12.2. The quantitative estimate of drug-likeness (QED) is 0.417. The van der Waals surface area contributed by atoms with E-state index in [1.807, 2.05) is 24.7 Å². The number of hydrogen-bond donors (Lipinski definition) is 0. The zero-order valence-electron chi connectivity index (χ0n) is 19.2. The van der Waals surface area contributed by atoms with Gasteiger partial charge < -0.3 is 4.65 Å². The molecule has 1 aromatic heterocycles. The normalized spacial score (nSPS) is 17.2. The van der Waals surface area contributed by atoms with Crippen LogP contribution in [-0.4, -0.2) is 22.3 Å². The molecule has 0 unspecified atom stereocenters. The van der Waals surface area contributed by atoms with Crippen LogP contribution in [-0.2, 0) is 11.2 Å². The minimum atomic E-state index is -0.0650. The van der Waals surface area contributed by atoms with Crippen LogP contribution in [0.25, 0.3) is 0 Å². The van der Waals surface area contributed by atoms with Gasteiger partial charge in [-0.2, -0.15) is 5.10 Å². The summed E-state index contributed by atoms with van der Waals surface area (Å²) in [4.78, 5) is 0. The van der Waals surface area contributed by atoms with E-state index in [4.69, 9.17) is 4.65 Å². The summed E-state index contributed by atoms with van der Waals surface area (Å²) < 4.78 is 8.20. The molecule has 0 bridgehead atoms. The predicted molar refractivity (Wildman–Crippen MR) is 117 cm³/mol. The molecule has 2 rings (SSSR count). The van der Waals surface area contributed by atoms with E-state index < -0.39 is 0 Å². The number of aryl methyl sites for hydroxylation is 1. The van der Waals surface area contributed by atoms with Crippen LogP contribution in [0.15, 0.2) is 12.4 Å². The molecule has 1 fully saturated rings. The zero-order valence-corrected chi connectivity index (χ0v) is 19.2. The molecule has 0 amide bonds. The lowest BCUT2D eigenvalue weighted by molar-refractivity contribution is 0.0375. The highest BCUT2D eigenvalue weighted by Gasteiger charge is 2.50. The zero-order chi connectivity index (χ0) is 20.2. The van der Waals surface area contributed by atoms with Crippen molar-refractivity contribution in [3.05, 3.63) is 12.4 Å². The Morgan fingerprint density at radius 3 is 2.00 bits per heavy atom. The van der Waals surface area contributed by atoms with Crippen molar-refractivity contribution in [2.24, 2.45) is 5.41 Å². The standard InChI is InChI=1S/C13H23BN2O.C7H16.C2H6/c1-6-7-16-9-11(8-15-16)14-10-12(2,3)13(4,5)17-14;1-3-5-7-6-4-2;1-2/h8-9H,6-7,10H2,1-5H3;3-7H2,1-2H3;1-2H3. The van der Waals surface area contributed by atoms with Crippen molar-refractivity contribution in [1.82, 2.24) is 9.78 Å². The third-order valence-corrected chi connectivity index (χ3v) is 5.45. The molecule has 0 aliphatic carbocycles. The molecular weight excluding hydrogens is 319 g/mol. The number of nitrogens with zero attached hydrogens (tertiary/aromatic N) is 2. The summed E-state index contributed by atoms with van der Waals surface area (Å²) in [5.41, 5.74) is 1.37. The summed E-state index contributed by atoms with van der Waals surface area (Å²) in [6.45, 7) is 20.8. The monoisotopic (exact) mass is 364 g/mol. The molecule has 1 aromatic rings. The van der Waals surface area contributed by atoms with Crippen molar-refractivity contribution in [2.45, 2.75) is 119 Å². The summed E-state index contributed by atoms with van der Waals surface area (Å²) in [6.07, 6.45) is 13.3. The third-order valence-electron chi connectivity index (χ3n) is 5.45. The van der Waals surface area contributed by atoms with Gasteiger partial charge in [-0.15, -0.1) is 0 Å². The van der Waals surface area contributed by atoms with Crippen LogP contribution in [0.3, 0.4) is 0 Å². The molecule has 0 saturated carbocycles. The van der Waals surface area contributed by atoms with Crippen LogP contribution in [0.4, 0.5) is 0 Å². The van der Waals surface area contributed by atoms with Gasteiger partial charge in [0.05, 0.1) is 5.60 Å². The van der Waals surface area contributed by atoms with Crippen molar-refractivity contribution < 1.29 is 4.65 Å². The maximum atomic E-state index is 6.19. The third kappa shape index (κ3) is 7.86. The predicted octanol–water partition coefficient (Wildman–Crippen LogP) is 6.33. The van der Waals surface area contributed by atoms with E-state index in [1.54, 1.807) is 0 Å². The van der Waals surface area contributed by atoms with E-state index in [-0.39, 0.29) is 17.9 Å². The molecule has 0 aromatic carbocycles. The summed E-state index contributed by atoms with van der Waals surface area (Å²) >= 11 is 0. The first-order valence-corrected chi connectivity index (χ1v) is 11.0. The van der Waals surface area contributed by atoms with E-state index in [0.29, 0.717) is 0 Å². The number of unbranched alkanes of at least 4 members (excludes halogenated alkanes) is 4. The Labute approximate surface area is 164 Å². The van der Waals surface area contributed by atoms with Crippen molar-refractivity contribution in [3.63, 3.8) is 0 Å². The van der Waals surface area contributed by atoms with Crippen LogP contribution in [0, 0.1) is 5.41 Å². The van der Waals surface area contributed by atoms with E-state index in [9.17, 15) is 0 Å². The summed E-state index contributed by atoms with van der Waals surface area (Å²) in [5, 5.41) is 4.38. The van der Waals surface area contributed by atoms with Crippen molar-refractivity contribution in [3.8, 4) is 0 Å². The fraction of sp³-hybridized carbons (Fsp3) is 0.864. The highest BCUT2D eigenvalue weighted by molar-refractivity contribution is 6.68. The maximum Gasteiger partial charge on any atom is 0.331 e. The van der Waals surface area contributed by atoms with Gasteiger partial charge in [0.1, 0.15) is 0 Å². The highest BCUT2D eigenvalue weighted by atomic mass is 16.5. The molecule has 3 nitrogen and oxygen atoms in total. The second-order valence-electron chi connectivity index (χ2n) is 8.30. The van der Waals surface area contributed by atoms with Gasteiger partial charge in [-0.3, -0.25) is 4.68 Å². The Bertz CT molecular complexity index is 448. The Morgan fingerprint density at radius 2 is 1.58 bits per heavy atom. The Balaban J connectivity index is 0.000000589. The second-order valence-corrected chi connectivity index (χ2v) is 8.30. The molecule has 152 valence electrons. The van der Waals surface area contributed by atoms with Crippen LogP contribution >= 0.6 is 0 Å². The molecular formula is C22H45BN2O. The van der Waals surface area contributed by atoms with Gasteiger partial charge in [0, 0.05) is 18.9 Å². The van der Waals surface area contributed by atoms with E-state index in [1.165, 1.54) is 37.6 Å². The molecule has 0 radical (unpaired) electrons. The molecule has 1 aliphatic rings. The fourth-order valence-corrected chi connectivity index (χ4v) is 3.03. The molecule has 0 N–H and O–H groups in total. The van der Waals surface area contributed by atoms with Gasteiger partial charge >= 0.3 is 6.92 Å². The van der Waals surface area contributed by atoms with Crippen LogP contribution in [0.1, 0.15) is 101 Å². The summed E-state index contributed by atoms with van der Waals surface area (Å²) in [6, 6.07) is 0. The van der Waals surface area contributed by atoms with Crippen LogP contribution in [0.2, 0.25) is 6.32 Å². The van der Waals surface area contributed by atoms with Crippen molar-refractivity contribution in [1.29, 1.82) is 0 Å². The van der Waals surface area contributed by atoms with E-state index in [2.05, 4.69) is 59.8 Å². The topological polar surface area (TPSA) is 27.1 Å². The number of hydrogen-bond acceptors (Lipinski definition) is 2. The molecule has 1 aliphatic heterocycles. The minimum absolute atomic E-state index is 0.0650. The lowest BCUT2D eigenvalue weighted by atomic mass is 9.55. The van der Waals surface area contributed by atoms with Gasteiger partial charge in [0.2, 0.25) is 0 Å². The van der Waals surface area contributed by atoms with Gasteiger partial charge in [-0.05, 0) is 37.5 Å². The molecule has 26 heavy (non-hydrogen) atoms. The Morgan fingerprint density at radius 1 is 1.00 bits per heavy atom. The summed E-state index contributed by atoms with van der Waals surface area (Å²) in [7, 11) is 0. The average molecular weight is 364 g/mol. The average Bonchev–Trinajstić information content (AvgIpc) is 3.13. The van der Waals surface area contributed by atoms with Gasteiger partial charge in [0.25, 0.3) is 0 Å². The lowest BCUT2D eigenvalue weighted by Gasteiger charge is -2.34. The first kappa shape index (κ1) is 25.2. The van der Waals surface area contributed by atoms with E-state index in [0.717, 1.165) is 19.3 Å². The largest absolute Gasteiger partial charge is 0.425 e. The van der Waals surface area contributed by atoms with Crippen molar-refractivity contribution >= 4 is 12.4 Å². The van der Waals surface area contributed by atoms with E-state index >= 15 is 0 Å². The number of rotatable bonds is 7. The molecule has 4 heteroatoms. The summed E-state index contributed by atoms with van der Waals surface area (Å²) in [5.74, 6) is 0. The molecule has 0 atom stereocenters. The van der Waals surface area contributed by atoms with Gasteiger partial charge in [0.15, 0.2) is 0 Å². The highest BCUT2D eigenvalue weighted by Crippen LogP contribution is 2.44. The smallest absolute Gasteiger partial charge is 0.331 e. The second kappa shape index (κ2) is 12.6. The fourth-order valence-electron chi connectivity index (χ4n) is 3.03. The lowest BCUT2D eigenvalue weighted by Crippen LogP contribution is -2.35. The first-order valence-electron chi connectivity index (χ1n) is 11.0. The molecule has 2 heterocycles. The molecule has 0 spiro atoms. The van der Waals surface area contributed by atoms with Crippen LogP contribution < -0.4 is 5.46 Å². The van der Waals surface area contributed by atoms with Gasteiger partial charge in [-0.25, -0.2) is 0 Å². The minimum Gasteiger partial charge on any atom is -0.425 e. The SMILES string of the molecule is CC.CCCCCCC.CCCn1cc(B2CC(C)(C)C(C)(C)O2)cn1. The van der Waals surface area contributed by atoms with Crippen molar-refractivity contribution in [2.75, 3.05) is 0 Å². The van der Waals surface area contributed by atoms with Crippen LogP contribution in [0.5, 0.6) is 0 Å². The first-order chi connectivity index (χ1) is 12.3. The maximum absolute atomic E-state index is 6.19. The molecule has 1 saturated heterocycles. The Hall–Kier alpha value is -0.765. The van der Waals surface area contributed by atoms with Gasteiger partial charge in [-0.1, -0.05) is 80.6 Å². The number of aromatic nitrogens is 2.